The number of hydrogen-bond acceptors (Lipinski definition) is 4. The molecule has 0 radical (unpaired) electrons. The highest BCUT2D eigenvalue weighted by molar-refractivity contribution is 6.02. The predicted molar refractivity (Wildman–Crippen MR) is 129 cm³/mol. The van der Waals surface area contributed by atoms with Crippen molar-refractivity contribution in [2.24, 2.45) is 0 Å². The lowest BCUT2D eigenvalue weighted by atomic mass is 10.0. The van der Waals surface area contributed by atoms with E-state index in [1.54, 1.807) is 18.2 Å². The zero-order valence-electron chi connectivity index (χ0n) is 20.8. The first-order chi connectivity index (χ1) is 17.7. The van der Waals surface area contributed by atoms with E-state index in [9.17, 15) is 23.2 Å². The van der Waals surface area contributed by atoms with Crippen LogP contribution in [-0.4, -0.2) is 36.7 Å². The van der Waals surface area contributed by atoms with Gasteiger partial charge in [-0.1, -0.05) is 42.5 Å². The molecule has 1 heterocycles. The summed E-state index contributed by atoms with van der Waals surface area (Å²) >= 11 is 0. The molecule has 0 saturated carbocycles. The number of ketones is 1. The number of amides is 2. The Balaban J connectivity index is 1.68. The fourth-order valence-electron chi connectivity index (χ4n) is 3.81. The number of benzene rings is 3. The number of Topliss-reactive ketones (excluding diaryl/α,β-unsaturated/α-hetero) is 1. The molecule has 1 atom stereocenters. The number of hydrogen-bond donors (Lipinski definition) is 2. The number of nitrogens with one attached hydrogen (secondary N) is 2. The smallest absolute Gasteiger partial charge is 0.254 e. The molecule has 6 nitrogen and oxygen atoms in total. The zero-order valence-corrected chi connectivity index (χ0v) is 18.8. The van der Waals surface area contributed by atoms with Gasteiger partial charge in [0.15, 0.2) is 0 Å². The largest absolute Gasteiger partial charge is 0.369 e. The molecule has 2 amide bonds. The molecule has 1 aliphatic heterocycles. The van der Waals surface area contributed by atoms with Crippen molar-refractivity contribution in [3.63, 3.8) is 0 Å². The Kier molecular flexibility index (Phi) is 6.69. The monoisotopic (exact) mass is 479 g/mol. The summed E-state index contributed by atoms with van der Waals surface area (Å²) in [5.74, 6) is -3.29. The third-order valence-corrected chi connectivity index (χ3v) is 5.62. The van der Waals surface area contributed by atoms with Crippen molar-refractivity contribution in [3.05, 3.63) is 95.6 Å². The molecule has 0 spiro atoms. The van der Waals surface area contributed by atoms with Crippen LogP contribution in [0.1, 0.15) is 31.5 Å². The second kappa shape index (κ2) is 10.9. The van der Waals surface area contributed by atoms with Gasteiger partial charge in [0.05, 0.1) is 16.9 Å². The van der Waals surface area contributed by atoms with Crippen LogP contribution in [0.2, 0.25) is 0 Å². The predicted octanol–water partition coefficient (Wildman–Crippen LogP) is 4.11. The Bertz CT molecular complexity index is 1310. The minimum absolute atomic E-state index is 0.0633. The van der Waals surface area contributed by atoms with Gasteiger partial charge in [-0.2, -0.15) is 0 Å². The molecule has 1 aliphatic rings. The van der Waals surface area contributed by atoms with Crippen LogP contribution in [-0.2, 0) is 16.0 Å². The average molecular weight is 480 g/mol. The van der Waals surface area contributed by atoms with Crippen molar-refractivity contribution in [2.75, 3.05) is 23.3 Å². The molecule has 35 heavy (non-hydrogen) atoms. The maximum absolute atomic E-state index is 14.3. The van der Waals surface area contributed by atoms with E-state index >= 15 is 0 Å². The highest BCUT2D eigenvalue weighted by Gasteiger charge is 2.26. The zero-order chi connectivity index (χ0) is 26.6. The summed E-state index contributed by atoms with van der Waals surface area (Å²) in [6.07, 6.45) is -1.80. The van der Waals surface area contributed by atoms with Crippen LogP contribution in [0.3, 0.4) is 0 Å². The van der Waals surface area contributed by atoms with E-state index < -0.39 is 35.9 Å². The van der Waals surface area contributed by atoms with Crippen LogP contribution in [0.5, 0.6) is 0 Å². The molecule has 2 N–H and O–H groups in total. The van der Waals surface area contributed by atoms with E-state index in [1.165, 1.54) is 42.5 Å². The molecular formula is C27H25F2N3O3. The molecule has 3 aromatic rings. The first kappa shape index (κ1) is 21.5. The summed E-state index contributed by atoms with van der Waals surface area (Å²) in [4.78, 5) is 39.9. The van der Waals surface area contributed by atoms with Gasteiger partial charge in [-0.3, -0.25) is 14.4 Å². The molecule has 8 heteroatoms. The van der Waals surface area contributed by atoms with Gasteiger partial charge in [0.1, 0.15) is 23.5 Å². The Morgan fingerprint density at radius 2 is 1.66 bits per heavy atom. The Hall–Kier alpha value is -4.07. The van der Waals surface area contributed by atoms with Crippen molar-refractivity contribution in [1.82, 2.24) is 5.32 Å². The normalized spacial score (nSPS) is 15.6. The van der Waals surface area contributed by atoms with Gasteiger partial charge in [0.2, 0.25) is 5.91 Å². The quantitative estimate of drug-likeness (QED) is 0.535. The third kappa shape index (κ3) is 6.09. The third-order valence-electron chi connectivity index (χ3n) is 5.62. The molecular weight excluding hydrogens is 452 g/mol. The maximum atomic E-state index is 14.3. The van der Waals surface area contributed by atoms with Crippen LogP contribution in [0.4, 0.5) is 20.2 Å². The van der Waals surface area contributed by atoms with E-state index in [4.69, 9.17) is 2.74 Å². The molecule has 0 aliphatic carbocycles. The highest BCUT2D eigenvalue weighted by atomic mass is 19.1. The van der Waals surface area contributed by atoms with Crippen LogP contribution in [0, 0.1) is 11.6 Å². The van der Waals surface area contributed by atoms with E-state index in [0.29, 0.717) is 31.6 Å². The van der Waals surface area contributed by atoms with Crippen molar-refractivity contribution >= 4 is 29.0 Å². The van der Waals surface area contributed by atoms with Gasteiger partial charge in [-0.05, 0) is 35.9 Å². The van der Waals surface area contributed by atoms with Crippen molar-refractivity contribution < 1.29 is 25.9 Å². The minimum Gasteiger partial charge on any atom is -0.369 e. The number of carbonyl (C=O) groups excluding carboxylic acids is 3. The lowest BCUT2D eigenvalue weighted by Gasteiger charge is -2.30. The number of halogens is 2. The number of piperidine rings is 1. The van der Waals surface area contributed by atoms with E-state index in [-0.39, 0.29) is 22.6 Å². The Morgan fingerprint density at radius 1 is 0.971 bits per heavy atom. The van der Waals surface area contributed by atoms with Crippen LogP contribution in [0.15, 0.2) is 72.8 Å². The number of carbonyl (C=O) groups is 3. The Morgan fingerprint density at radius 3 is 2.37 bits per heavy atom. The summed E-state index contributed by atoms with van der Waals surface area (Å²) < 4.78 is 45.9. The van der Waals surface area contributed by atoms with Crippen LogP contribution < -0.4 is 15.5 Å². The second-order valence-corrected chi connectivity index (χ2v) is 8.07. The maximum Gasteiger partial charge on any atom is 0.254 e. The topological polar surface area (TPSA) is 78.5 Å². The summed E-state index contributed by atoms with van der Waals surface area (Å²) in [5.41, 5.74) is 0.279. The summed E-state index contributed by atoms with van der Waals surface area (Å²) in [5, 5.41) is 4.89. The molecule has 0 bridgehead atoms. The van der Waals surface area contributed by atoms with Gasteiger partial charge in [-0.15, -0.1) is 0 Å². The lowest BCUT2D eigenvalue weighted by molar-refractivity contribution is -0.119. The molecule has 3 aromatic carbocycles. The fourth-order valence-corrected chi connectivity index (χ4v) is 3.81. The minimum atomic E-state index is -2.42. The second-order valence-electron chi connectivity index (χ2n) is 8.07. The van der Waals surface area contributed by atoms with Crippen molar-refractivity contribution in [2.45, 2.75) is 25.3 Å². The molecule has 1 unspecified atom stereocenters. The lowest BCUT2D eigenvalue weighted by Crippen LogP contribution is -2.45. The van der Waals surface area contributed by atoms with Crippen molar-refractivity contribution in [3.8, 4) is 0 Å². The summed E-state index contributed by atoms with van der Waals surface area (Å²) in [6, 6.07) is 14.9. The van der Waals surface area contributed by atoms with Crippen LogP contribution in [0.25, 0.3) is 0 Å². The fraction of sp³-hybridized carbons (Fsp3) is 0.222. The first-order valence-corrected chi connectivity index (χ1v) is 11.1. The Labute approximate surface area is 204 Å². The molecule has 4 rings (SSSR count). The standard InChI is InChI=1S/C27H25F2N3O3/c28-19-10-11-25(32-14-12-20(33)13-15-32)23(17-19)30-27(35)24(16-18-6-2-1-3-7-18)31-26(34)21-8-4-5-9-22(21)29/h1-11,17,24H,12-16H2,(H,30,35)(H,31,34)/i16D2. The molecule has 1 saturated heterocycles. The van der Waals surface area contributed by atoms with Crippen LogP contribution >= 0.6 is 0 Å². The summed E-state index contributed by atoms with van der Waals surface area (Å²) in [6.45, 7) is 0.761. The van der Waals surface area contributed by atoms with E-state index in [0.717, 1.165) is 12.1 Å². The molecule has 1 fully saturated rings. The summed E-state index contributed by atoms with van der Waals surface area (Å²) in [7, 11) is 0. The van der Waals surface area contributed by atoms with Gasteiger partial charge in [0.25, 0.3) is 5.91 Å². The number of nitrogens with zero attached hydrogens (tertiary/aromatic N) is 1. The van der Waals surface area contributed by atoms with Gasteiger partial charge in [-0.25, -0.2) is 8.78 Å². The van der Waals surface area contributed by atoms with Crippen molar-refractivity contribution in [1.29, 1.82) is 0 Å². The number of anilines is 2. The van der Waals surface area contributed by atoms with Gasteiger partial charge in [0, 0.05) is 35.0 Å². The first-order valence-electron chi connectivity index (χ1n) is 12.1. The molecule has 0 aromatic heterocycles. The SMILES string of the molecule is [2H]C([2H])(c1ccccc1)C(NC(=O)c1ccccc1F)C(=O)Nc1cc(F)ccc1N1CCC(=O)CC1. The number of rotatable bonds is 7. The molecule has 180 valence electrons. The van der Waals surface area contributed by atoms with E-state index in [1.807, 2.05) is 4.90 Å². The van der Waals surface area contributed by atoms with Gasteiger partial charge < -0.3 is 15.5 Å². The van der Waals surface area contributed by atoms with Gasteiger partial charge >= 0.3 is 0 Å². The average Bonchev–Trinajstić information content (AvgIpc) is 2.88. The van der Waals surface area contributed by atoms with E-state index in [2.05, 4.69) is 10.6 Å². The highest BCUT2D eigenvalue weighted by Crippen LogP contribution is 2.29.